The molecule has 0 unspecified atom stereocenters. The lowest BCUT2D eigenvalue weighted by Gasteiger charge is -2.28. The fourth-order valence-corrected chi connectivity index (χ4v) is 4.57. The van der Waals surface area contributed by atoms with E-state index in [0.29, 0.717) is 25.4 Å². The molecule has 0 N–H and O–H groups in total. The average molecular weight is 370 g/mol. The predicted octanol–water partition coefficient (Wildman–Crippen LogP) is 3.02. The zero-order chi connectivity index (χ0) is 18.4. The third-order valence-corrected chi connectivity index (χ3v) is 6.68. The van der Waals surface area contributed by atoms with E-state index in [1.165, 1.54) is 36.3 Å². The number of sulfonamides is 1. The van der Waals surface area contributed by atoms with E-state index in [9.17, 15) is 17.6 Å². The van der Waals surface area contributed by atoms with Gasteiger partial charge in [0.05, 0.1) is 4.90 Å². The molecule has 1 aliphatic carbocycles. The van der Waals surface area contributed by atoms with Crippen LogP contribution in [0.5, 0.6) is 0 Å². The predicted molar refractivity (Wildman–Crippen MR) is 95.1 cm³/mol. The van der Waals surface area contributed by atoms with Gasteiger partial charge in [-0.1, -0.05) is 12.8 Å². The first-order chi connectivity index (χ1) is 11.9. The Morgan fingerprint density at radius 3 is 2.36 bits per heavy atom. The summed E-state index contributed by atoms with van der Waals surface area (Å²) in [7, 11) is -2.17. The molecule has 0 spiro atoms. The summed E-state index contributed by atoms with van der Waals surface area (Å²) in [6.45, 7) is 2.95. The van der Waals surface area contributed by atoms with Gasteiger partial charge in [-0.05, 0) is 50.5 Å². The Morgan fingerprint density at radius 2 is 1.80 bits per heavy atom. The van der Waals surface area contributed by atoms with Gasteiger partial charge in [0, 0.05) is 32.6 Å². The topological polar surface area (TPSA) is 57.7 Å². The molecule has 0 aliphatic heterocycles. The summed E-state index contributed by atoms with van der Waals surface area (Å²) in [5.74, 6) is -0.374. The number of carbonyl (C=O) groups excluding carboxylic acids is 1. The molecule has 1 amide bonds. The smallest absolute Gasteiger partial charge is 0.242 e. The first-order valence-electron chi connectivity index (χ1n) is 8.87. The highest BCUT2D eigenvalue weighted by molar-refractivity contribution is 7.89. The standard InChI is InChI=1S/C18H27FN2O3S/c1-3-21(16-7-4-5-8-16)18(22)9-6-14-20(2)25(23,24)17-12-10-15(19)11-13-17/h10-13,16H,3-9,14H2,1-2H3. The minimum absolute atomic E-state index is 0.0591. The molecule has 0 bridgehead atoms. The molecule has 140 valence electrons. The van der Waals surface area contributed by atoms with Crippen LogP contribution in [0.25, 0.3) is 0 Å². The monoisotopic (exact) mass is 370 g/mol. The maximum absolute atomic E-state index is 13.0. The van der Waals surface area contributed by atoms with Gasteiger partial charge in [0.15, 0.2) is 0 Å². The van der Waals surface area contributed by atoms with E-state index in [-0.39, 0.29) is 17.3 Å². The van der Waals surface area contributed by atoms with Gasteiger partial charge in [0.25, 0.3) is 0 Å². The van der Waals surface area contributed by atoms with Gasteiger partial charge in [0.2, 0.25) is 15.9 Å². The molecule has 0 aromatic heterocycles. The lowest BCUT2D eigenvalue weighted by atomic mass is 10.2. The van der Waals surface area contributed by atoms with Crippen molar-refractivity contribution in [2.75, 3.05) is 20.1 Å². The van der Waals surface area contributed by atoms with Crippen LogP contribution >= 0.6 is 0 Å². The molecule has 0 heterocycles. The molecule has 0 saturated heterocycles. The lowest BCUT2D eigenvalue weighted by molar-refractivity contribution is -0.133. The lowest BCUT2D eigenvalue weighted by Crippen LogP contribution is -2.39. The molecule has 1 aromatic carbocycles. The number of hydrogen-bond acceptors (Lipinski definition) is 3. The molecular weight excluding hydrogens is 343 g/mol. The van der Waals surface area contributed by atoms with Crippen LogP contribution in [0, 0.1) is 5.82 Å². The van der Waals surface area contributed by atoms with E-state index in [4.69, 9.17) is 0 Å². The Morgan fingerprint density at radius 1 is 1.20 bits per heavy atom. The van der Waals surface area contributed by atoms with Crippen LogP contribution in [-0.4, -0.2) is 49.7 Å². The molecule has 1 aliphatic rings. The Labute approximate surface area is 149 Å². The summed E-state index contributed by atoms with van der Waals surface area (Å²) in [6.07, 6.45) is 5.30. The van der Waals surface area contributed by atoms with Crippen molar-refractivity contribution >= 4 is 15.9 Å². The highest BCUT2D eigenvalue weighted by Crippen LogP contribution is 2.24. The zero-order valence-corrected chi connectivity index (χ0v) is 15.8. The number of halogens is 1. The van der Waals surface area contributed by atoms with Crippen LogP contribution in [0.2, 0.25) is 0 Å². The molecule has 5 nitrogen and oxygen atoms in total. The van der Waals surface area contributed by atoms with Crippen molar-refractivity contribution in [3.63, 3.8) is 0 Å². The molecule has 1 aromatic rings. The number of hydrogen-bond donors (Lipinski definition) is 0. The van der Waals surface area contributed by atoms with E-state index >= 15 is 0 Å². The second-order valence-corrected chi connectivity index (χ2v) is 8.55. The van der Waals surface area contributed by atoms with Crippen molar-refractivity contribution < 1.29 is 17.6 Å². The van der Waals surface area contributed by atoms with Crippen LogP contribution in [0.15, 0.2) is 29.2 Å². The molecule has 7 heteroatoms. The van der Waals surface area contributed by atoms with Gasteiger partial charge in [-0.15, -0.1) is 0 Å². The summed E-state index contributed by atoms with van der Waals surface area (Å²) < 4.78 is 39.0. The van der Waals surface area contributed by atoms with E-state index in [1.54, 1.807) is 0 Å². The van der Waals surface area contributed by atoms with E-state index in [1.807, 2.05) is 11.8 Å². The van der Waals surface area contributed by atoms with Crippen LogP contribution in [0.4, 0.5) is 4.39 Å². The highest BCUT2D eigenvalue weighted by Gasteiger charge is 2.25. The fourth-order valence-electron chi connectivity index (χ4n) is 3.36. The van der Waals surface area contributed by atoms with Gasteiger partial charge in [-0.25, -0.2) is 17.1 Å². The summed E-state index contributed by atoms with van der Waals surface area (Å²) in [6, 6.07) is 5.12. The van der Waals surface area contributed by atoms with Crippen LogP contribution in [-0.2, 0) is 14.8 Å². The summed E-state index contributed by atoms with van der Waals surface area (Å²) in [4.78, 5) is 14.4. The Hall–Kier alpha value is -1.47. The van der Waals surface area contributed by atoms with Gasteiger partial charge < -0.3 is 4.90 Å². The normalized spacial score (nSPS) is 15.7. The number of carbonyl (C=O) groups is 1. The number of rotatable bonds is 8. The van der Waals surface area contributed by atoms with Crippen molar-refractivity contribution in [1.82, 2.24) is 9.21 Å². The van der Waals surface area contributed by atoms with E-state index in [2.05, 4.69) is 0 Å². The van der Waals surface area contributed by atoms with Crippen molar-refractivity contribution in [2.45, 2.75) is 56.4 Å². The molecule has 0 radical (unpaired) electrons. The minimum atomic E-state index is -3.65. The minimum Gasteiger partial charge on any atom is -0.340 e. The number of benzene rings is 1. The molecule has 1 saturated carbocycles. The van der Waals surface area contributed by atoms with Crippen molar-refractivity contribution in [1.29, 1.82) is 0 Å². The summed E-state index contributed by atoms with van der Waals surface area (Å²) >= 11 is 0. The average Bonchev–Trinajstić information content (AvgIpc) is 3.10. The molecule has 1 fully saturated rings. The third kappa shape index (κ3) is 5.01. The highest BCUT2D eigenvalue weighted by atomic mass is 32.2. The molecule has 2 rings (SSSR count). The Balaban J connectivity index is 1.87. The summed E-state index contributed by atoms with van der Waals surface area (Å²) in [5, 5.41) is 0. The molecule has 0 atom stereocenters. The third-order valence-electron chi connectivity index (χ3n) is 4.81. The number of nitrogens with zero attached hydrogens (tertiary/aromatic N) is 2. The van der Waals surface area contributed by atoms with Gasteiger partial charge >= 0.3 is 0 Å². The second-order valence-electron chi connectivity index (χ2n) is 6.50. The fraction of sp³-hybridized carbons (Fsp3) is 0.611. The van der Waals surface area contributed by atoms with Crippen LogP contribution in [0.3, 0.4) is 0 Å². The van der Waals surface area contributed by atoms with Crippen LogP contribution in [0.1, 0.15) is 45.4 Å². The van der Waals surface area contributed by atoms with Crippen molar-refractivity contribution in [2.24, 2.45) is 0 Å². The largest absolute Gasteiger partial charge is 0.340 e. The van der Waals surface area contributed by atoms with Crippen LogP contribution < -0.4 is 0 Å². The van der Waals surface area contributed by atoms with Gasteiger partial charge in [0.1, 0.15) is 5.82 Å². The molecular formula is C18H27FN2O3S. The zero-order valence-electron chi connectivity index (χ0n) is 14.9. The molecule has 25 heavy (non-hydrogen) atoms. The van der Waals surface area contributed by atoms with Gasteiger partial charge in [-0.3, -0.25) is 4.79 Å². The first kappa shape index (κ1) is 19.8. The Bertz CT molecular complexity index is 670. The SMILES string of the molecule is CCN(C(=O)CCCN(C)S(=O)(=O)c1ccc(F)cc1)C1CCCC1. The quantitative estimate of drug-likeness (QED) is 0.707. The first-order valence-corrected chi connectivity index (χ1v) is 10.3. The summed E-state index contributed by atoms with van der Waals surface area (Å²) in [5.41, 5.74) is 0. The maximum Gasteiger partial charge on any atom is 0.242 e. The van der Waals surface area contributed by atoms with Crippen molar-refractivity contribution in [3.8, 4) is 0 Å². The van der Waals surface area contributed by atoms with E-state index < -0.39 is 15.8 Å². The maximum atomic E-state index is 13.0. The van der Waals surface area contributed by atoms with E-state index in [0.717, 1.165) is 25.0 Å². The van der Waals surface area contributed by atoms with Crippen molar-refractivity contribution in [3.05, 3.63) is 30.1 Å². The number of amides is 1. The second kappa shape index (κ2) is 8.76. The Kier molecular flexibility index (Phi) is 6.95. The van der Waals surface area contributed by atoms with Gasteiger partial charge in [-0.2, -0.15) is 0 Å².